The summed E-state index contributed by atoms with van der Waals surface area (Å²) in [6, 6.07) is 5.17. The molecular formula is C14H14ClNO4S. The minimum Gasteiger partial charge on any atom is -0.495 e. The van der Waals surface area contributed by atoms with E-state index in [4.69, 9.17) is 21.1 Å². The minimum atomic E-state index is -0.311. The molecule has 1 saturated heterocycles. The average Bonchev–Trinajstić information content (AvgIpc) is 2.72. The molecule has 0 aliphatic carbocycles. The Morgan fingerprint density at radius 1 is 1.33 bits per heavy atom. The second kappa shape index (κ2) is 6.98. The fourth-order valence-electron chi connectivity index (χ4n) is 1.80. The molecule has 1 aliphatic rings. The highest BCUT2D eigenvalue weighted by atomic mass is 35.5. The highest BCUT2D eigenvalue weighted by Gasteiger charge is 2.34. The molecule has 21 heavy (non-hydrogen) atoms. The Kier molecular flexibility index (Phi) is 5.27. The second-order valence-corrected chi connectivity index (χ2v) is 5.62. The number of amides is 2. The predicted octanol–water partition coefficient (Wildman–Crippen LogP) is 3.03. The molecule has 0 spiro atoms. The lowest BCUT2D eigenvalue weighted by atomic mass is 10.2. The zero-order valence-electron chi connectivity index (χ0n) is 11.6. The van der Waals surface area contributed by atoms with Crippen molar-refractivity contribution in [1.29, 1.82) is 0 Å². The summed E-state index contributed by atoms with van der Waals surface area (Å²) in [5, 5.41) is 0.160. The molecule has 0 aromatic heterocycles. The first-order chi connectivity index (χ1) is 10.1. The maximum Gasteiger partial charge on any atom is 0.293 e. The molecule has 1 aromatic rings. The summed E-state index contributed by atoms with van der Waals surface area (Å²) in [5.74, 6) is 0.246. The zero-order valence-corrected chi connectivity index (χ0v) is 13.2. The standard InChI is InChI=1S/C14H14ClNO4S/c1-19-6-5-16-13(17)12(21-14(16)18)8-9-3-4-11(20-2)10(15)7-9/h3-4,7-8H,5-6H2,1-2H3/b12-8+. The number of ether oxygens (including phenoxy) is 2. The molecule has 2 rings (SSSR count). The fourth-order valence-corrected chi connectivity index (χ4v) is 2.93. The first-order valence-electron chi connectivity index (χ1n) is 6.14. The number of carbonyl (C=O) groups excluding carboxylic acids is 2. The van der Waals surface area contributed by atoms with Crippen molar-refractivity contribution in [3.8, 4) is 5.75 Å². The third kappa shape index (κ3) is 3.58. The van der Waals surface area contributed by atoms with Gasteiger partial charge in [0, 0.05) is 7.11 Å². The van der Waals surface area contributed by atoms with Gasteiger partial charge >= 0.3 is 0 Å². The van der Waals surface area contributed by atoms with E-state index in [2.05, 4.69) is 0 Å². The number of imide groups is 1. The number of halogens is 1. The van der Waals surface area contributed by atoms with Crippen LogP contribution >= 0.6 is 23.4 Å². The summed E-state index contributed by atoms with van der Waals surface area (Å²) in [6.45, 7) is 0.571. The lowest BCUT2D eigenvalue weighted by Gasteiger charge is -2.10. The third-order valence-electron chi connectivity index (χ3n) is 2.87. The van der Waals surface area contributed by atoms with Crippen molar-refractivity contribution in [2.75, 3.05) is 27.4 Å². The van der Waals surface area contributed by atoms with Crippen LogP contribution in [0.2, 0.25) is 5.02 Å². The molecule has 0 unspecified atom stereocenters. The van der Waals surface area contributed by atoms with E-state index in [1.54, 1.807) is 24.3 Å². The molecule has 0 atom stereocenters. The molecule has 1 heterocycles. The van der Waals surface area contributed by atoms with Gasteiger partial charge in [0.05, 0.1) is 30.2 Å². The fraction of sp³-hybridized carbons (Fsp3) is 0.286. The highest BCUT2D eigenvalue weighted by molar-refractivity contribution is 8.18. The van der Waals surface area contributed by atoms with Crippen LogP contribution < -0.4 is 4.74 Å². The van der Waals surface area contributed by atoms with Crippen LogP contribution in [0.4, 0.5) is 4.79 Å². The van der Waals surface area contributed by atoms with E-state index < -0.39 is 0 Å². The number of carbonyl (C=O) groups is 2. The van der Waals surface area contributed by atoms with E-state index >= 15 is 0 Å². The lowest BCUT2D eigenvalue weighted by Crippen LogP contribution is -2.31. The van der Waals surface area contributed by atoms with Gasteiger partial charge in [0.2, 0.25) is 0 Å². The number of benzene rings is 1. The molecular weight excluding hydrogens is 314 g/mol. The summed E-state index contributed by atoms with van der Waals surface area (Å²) in [7, 11) is 3.05. The largest absolute Gasteiger partial charge is 0.495 e. The topological polar surface area (TPSA) is 55.8 Å². The van der Waals surface area contributed by atoms with Crippen LogP contribution in [0.1, 0.15) is 5.56 Å². The Labute approximate surface area is 131 Å². The number of rotatable bonds is 5. The molecule has 1 fully saturated rings. The van der Waals surface area contributed by atoms with Crippen molar-refractivity contribution in [2.24, 2.45) is 0 Å². The van der Waals surface area contributed by atoms with E-state index in [0.29, 0.717) is 22.3 Å². The average molecular weight is 328 g/mol. The van der Waals surface area contributed by atoms with Crippen molar-refractivity contribution in [3.63, 3.8) is 0 Å². The van der Waals surface area contributed by atoms with Gasteiger partial charge in [0.15, 0.2) is 0 Å². The molecule has 0 saturated carbocycles. The molecule has 0 bridgehead atoms. The van der Waals surface area contributed by atoms with Crippen LogP contribution in [0.5, 0.6) is 5.75 Å². The van der Waals surface area contributed by atoms with Crippen LogP contribution in [0, 0.1) is 0 Å². The van der Waals surface area contributed by atoms with Gasteiger partial charge in [-0.3, -0.25) is 14.5 Å². The number of hydrogen-bond acceptors (Lipinski definition) is 5. The van der Waals surface area contributed by atoms with Crippen LogP contribution in [-0.2, 0) is 9.53 Å². The van der Waals surface area contributed by atoms with Crippen LogP contribution in [-0.4, -0.2) is 43.4 Å². The van der Waals surface area contributed by atoms with Gasteiger partial charge in [0.1, 0.15) is 5.75 Å². The van der Waals surface area contributed by atoms with Gasteiger partial charge in [-0.1, -0.05) is 17.7 Å². The lowest BCUT2D eigenvalue weighted by molar-refractivity contribution is -0.123. The SMILES string of the molecule is COCCN1C(=O)S/C(=C/c2ccc(OC)c(Cl)c2)C1=O. The monoisotopic (exact) mass is 327 g/mol. The Balaban J connectivity index is 2.20. The predicted molar refractivity (Wildman–Crippen MR) is 82.6 cm³/mol. The van der Waals surface area contributed by atoms with Gasteiger partial charge in [-0.25, -0.2) is 0 Å². The quantitative estimate of drug-likeness (QED) is 0.778. The van der Waals surface area contributed by atoms with Crippen LogP contribution in [0.25, 0.3) is 6.08 Å². The van der Waals surface area contributed by atoms with Crippen molar-refractivity contribution in [1.82, 2.24) is 4.90 Å². The number of thioether (sulfide) groups is 1. The number of hydrogen-bond donors (Lipinski definition) is 0. The summed E-state index contributed by atoms with van der Waals surface area (Å²) in [6.07, 6.45) is 1.64. The number of nitrogens with zero attached hydrogens (tertiary/aromatic N) is 1. The molecule has 1 aliphatic heterocycles. The first-order valence-corrected chi connectivity index (χ1v) is 7.34. The summed E-state index contributed by atoms with van der Waals surface area (Å²) >= 11 is 6.95. The maximum absolute atomic E-state index is 12.1. The van der Waals surface area contributed by atoms with Gasteiger partial charge in [-0.2, -0.15) is 0 Å². The van der Waals surface area contributed by atoms with E-state index in [1.165, 1.54) is 19.1 Å². The molecule has 7 heteroatoms. The zero-order chi connectivity index (χ0) is 15.4. The van der Waals surface area contributed by atoms with Crippen molar-refractivity contribution >= 4 is 40.6 Å². The third-order valence-corrected chi connectivity index (χ3v) is 4.07. The number of methoxy groups -OCH3 is 2. The summed E-state index contributed by atoms with van der Waals surface area (Å²) in [4.78, 5) is 25.5. The normalized spacial score (nSPS) is 16.9. The first kappa shape index (κ1) is 15.9. The van der Waals surface area contributed by atoms with Crippen molar-refractivity contribution in [3.05, 3.63) is 33.7 Å². The molecule has 5 nitrogen and oxygen atoms in total. The van der Waals surface area contributed by atoms with Crippen LogP contribution in [0.15, 0.2) is 23.1 Å². The van der Waals surface area contributed by atoms with Crippen molar-refractivity contribution < 1.29 is 19.1 Å². The van der Waals surface area contributed by atoms with Crippen LogP contribution in [0.3, 0.4) is 0 Å². The summed E-state index contributed by atoms with van der Waals surface area (Å²) in [5.41, 5.74) is 0.734. The smallest absolute Gasteiger partial charge is 0.293 e. The van der Waals surface area contributed by atoms with E-state index in [9.17, 15) is 9.59 Å². The molecule has 2 amide bonds. The minimum absolute atomic E-state index is 0.252. The Bertz CT molecular complexity index is 603. The van der Waals surface area contributed by atoms with E-state index in [1.807, 2.05) is 0 Å². The van der Waals surface area contributed by atoms with Gasteiger partial charge < -0.3 is 9.47 Å². The van der Waals surface area contributed by atoms with Gasteiger partial charge in [0.25, 0.3) is 11.1 Å². The molecule has 0 radical (unpaired) electrons. The highest BCUT2D eigenvalue weighted by Crippen LogP contribution is 2.33. The maximum atomic E-state index is 12.1. The van der Waals surface area contributed by atoms with E-state index in [0.717, 1.165) is 17.3 Å². The van der Waals surface area contributed by atoms with E-state index in [-0.39, 0.29) is 17.7 Å². The van der Waals surface area contributed by atoms with Gasteiger partial charge in [-0.15, -0.1) is 0 Å². The molecule has 112 valence electrons. The molecule has 1 aromatic carbocycles. The molecule has 0 N–H and O–H groups in total. The summed E-state index contributed by atoms with van der Waals surface area (Å²) < 4.78 is 9.96. The Morgan fingerprint density at radius 2 is 2.10 bits per heavy atom. The van der Waals surface area contributed by atoms with Gasteiger partial charge in [-0.05, 0) is 35.5 Å². The Hall–Kier alpha value is -1.50. The second-order valence-electron chi connectivity index (χ2n) is 4.22. The Morgan fingerprint density at radius 3 is 2.71 bits per heavy atom. The van der Waals surface area contributed by atoms with Crippen molar-refractivity contribution in [2.45, 2.75) is 0 Å².